The van der Waals surface area contributed by atoms with Crippen molar-refractivity contribution >= 4 is 5.91 Å². The maximum atomic E-state index is 11.3. The molecule has 0 heterocycles. The quantitative estimate of drug-likeness (QED) is 0.506. The second-order valence-electron chi connectivity index (χ2n) is 3.25. The SMILES string of the molecule is CCCNC(=O)/C(C#N)=C\NC(C)C. The molecule has 4 nitrogen and oxygen atoms in total. The van der Waals surface area contributed by atoms with Crippen LogP contribution in [-0.4, -0.2) is 18.5 Å². The van der Waals surface area contributed by atoms with Crippen molar-refractivity contribution in [3.05, 3.63) is 11.8 Å². The lowest BCUT2D eigenvalue weighted by Gasteiger charge is -2.05. The van der Waals surface area contributed by atoms with Crippen LogP contribution in [-0.2, 0) is 4.79 Å². The Morgan fingerprint density at radius 2 is 2.21 bits per heavy atom. The minimum Gasteiger partial charge on any atom is -0.387 e. The zero-order valence-corrected chi connectivity index (χ0v) is 8.92. The van der Waals surface area contributed by atoms with Gasteiger partial charge in [-0.1, -0.05) is 6.92 Å². The second kappa shape index (κ2) is 6.96. The van der Waals surface area contributed by atoms with Gasteiger partial charge in [-0.2, -0.15) is 5.26 Å². The molecule has 78 valence electrons. The summed E-state index contributed by atoms with van der Waals surface area (Å²) < 4.78 is 0. The van der Waals surface area contributed by atoms with Crippen LogP contribution in [0.1, 0.15) is 27.2 Å². The van der Waals surface area contributed by atoms with Crippen molar-refractivity contribution in [3.8, 4) is 6.07 Å². The Kier molecular flexibility index (Phi) is 6.21. The third kappa shape index (κ3) is 5.20. The van der Waals surface area contributed by atoms with Gasteiger partial charge >= 0.3 is 0 Å². The lowest BCUT2D eigenvalue weighted by Crippen LogP contribution is -2.27. The van der Waals surface area contributed by atoms with Crippen LogP contribution in [0.3, 0.4) is 0 Å². The Bertz CT molecular complexity index is 251. The van der Waals surface area contributed by atoms with E-state index in [4.69, 9.17) is 5.26 Å². The Labute approximate surface area is 85.0 Å². The average molecular weight is 195 g/mol. The van der Waals surface area contributed by atoms with Gasteiger partial charge < -0.3 is 10.6 Å². The normalized spacial score (nSPS) is 10.9. The van der Waals surface area contributed by atoms with Gasteiger partial charge in [0, 0.05) is 18.8 Å². The topological polar surface area (TPSA) is 64.9 Å². The molecule has 0 aromatic carbocycles. The minimum atomic E-state index is -0.317. The fraction of sp³-hybridized carbons (Fsp3) is 0.600. The number of hydrogen-bond donors (Lipinski definition) is 2. The summed E-state index contributed by atoms with van der Waals surface area (Å²) in [6, 6.07) is 2.07. The maximum Gasteiger partial charge on any atom is 0.263 e. The molecule has 0 aliphatic heterocycles. The maximum absolute atomic E-state index is 11.3. The lowest BCUT2D eigenvalue weighted by atomic mass is 10.3. The predicted molar refractivity (Wildman–Crippen MR) is 55.3 cm³/mol. The molecule has 0 spiro atoms. The molecule has 0 aliphatic carbocycles. The number of rotatable bonds is 5. The number of carbonyl (C=O) groups excluding carboxylic acids is 1. The molecule has 0 radical (unpaired) electrons. The Balaban J connectivity index is 4.20. The van der Waals surface area contributed by atoms with E-state index in [1.807, 2.05) is 26.8 Å². The Hall–Kier alpha value is -1.50. The summed E-state index contributed by atoms with van der Waals surface area (Å²) in [7, 11) is 0. The summed E-state index contributed by atoms with van der Waals surface area (Å²) in [6.45, 7) is 6.44. The molecule has 4 heteroatoms. The summed E-state index contributed by atoms with van der Waals surface area (Å²) in [5.41, 5.74) is 0.118. The van der Waals surface area contributed by atoms with E-state index in [0.717, 1.165) is 6.42 Å². The van der Waals surface area contributed by atoms with Gasteiger partial charge in [0.05, 0.1) is 0 Å². The molecular weight excluding hydrogens is 178 g/mol. The van der Waals surface area contributed by atoms with E-state index in [9.17, 15) is 4.79 Å². The van der Waals surface area contributed by atoms with Gasteiger partial charge in [-0.3, -0.25) is 4.79 Å². The number of nitrogens with one attached hydrogen (secondary N) is 2. The van der Waals surface area contributed by atoms with Crippen LogP contribution in [0.15, 0.2) is 11.8 Å². The molecule has 1 amide bonds. The van der Waals surface area contributed by atoms with Gasteiger partial charge in [0.1, 0.15) is 11.6 Å². The van der Waals surface area contributed by atoms with E-state index in [1.54, 1.807) is 0 Å². The lowest BCUT2D eigenvalue weighted by molar-refractivity contribution is -0.117. The molecule has 0 unspecified atom stereocenters. The van der Waals surface area contributed by atoms with Crippen molar-refractivity contribution in [2.24, 2.45) is 0 Å². The smallest absolute Gasteiger partial charge is 0.263 e. The third-order valence-electron chi connectivity index (χ3n) is 1.46. The third-order valence-corrected chi connectivity index (χ3v) is 1.46. The molecule has 0 aliphatic rings. The van der Waals surface area contributed by atoms with Gasteiger partial charge in [0.25, 0.3) is 5.91 Å². The first kappa shape index (κ1) is 12.5. The van der Waals surface area contributed by atoms with E-state index in [0.29, 0.717) is 6.54 Å². The highest BCUT2D eigenvalue weighted by atomic mass is 16.1. The molecule has 0 fully saturated rings. The summed E-state index contributed by atoms with van der Waals surface area (Å²) >= 11 is 0. The van der Waals surface area contributed by atoms with Gasteiger partial charge in [0.2, 0.25) is 0 Å². The molecule has 0 atom stereocenters. The van der Waals surface area contributed by atoms with Crippen LogP contribution in [0.5, 0.6) is 0 Å². The minimum absolute atomic E-state index is 0.118. The van der Waals surface area contributed by atoms with E-state index in [1.165, 1.54) is 6.20 Å². The Morgan fingerprint density at radius 3 is 2.64 bits per heavy atom. The molecular formula is C10H17N3O. The van der Waals surface area contributed by atoms with Crippen molar-refractivity contribution in [3.63, 3.8) is 0 Å². The highest BCUT2D eigenvalue weighted by Gasteiger charge is 2.06. The van der Waals surface area contributed by atoms with Crippen LogP contribution in [0.25, 0.3) is 0 Å². The van der Waals surface area contributed by atoms with Crippen molar-refractivity contribution in [1.29, 1.82) is 5.26 Å². The van der Waals surface area contributed by atoms with Gasteiger partial charge in [-0.25, -0.2) is 0 Å². The van der Waals surface area contributed by atoms with Crippen LogP contribution >= 0.6 is 0 Å². The predicted octanol–water partition coefficient (Wildman–Crippen LogP) is 0.918. The molecule has 0 saturated heterocycles. The molecule has 14 heavy (non-hydrogen) atoms. The van der Waals surface area contributed by atoms with Gasteiger partial charge in [-0.15, -0.1) is 0 Å². The summed E-state index contributed by atoms with van der Waals surface area (Å²) in [6.07, 6.45) is 2.32. The van der Waals surface area contributed by atoms with Gasteiger partial charge in [0.15, 0.2) is 0 Å². The fourth-order valence-corrected chi connectivity index (χ4v) is 0.732. The van der Waals surface area contributed by atoms with Gasteiger partial charge in [-0.05, 0) is 20.3 Å². The number of amides is 1. The molecule has 0 saturated carbocycles. The van der Waals surface area contributed by atoms with Crippen molar-refractivity contribution < 1.29 is 4.79 Å². The van der Waals surface area contributed by atoms with E-state index < -0.39 is 0 Å². The summed E-state index contributed by atoms with van der Waals surface area (Å²) in [4.78, 5) is 11.3. The van der Waals surface area contributed by atoms with E-state index in [2.05, 4.69) is 10.6 Å². The van der Waals surface area contributed by atoms with Crippen molar-refractivity contribution in [2.75, 3.05) is 6.54 Å². The standard InChI is InChI=1S/C10H17N3O/c1-4-5-12-10(14)9(6-11)7-13-8(2)3/h7-8,13H,4-5H2,1-3H3,(H,12,14)/b9-7-. The second-order valence-corrected chi connectivity index (χ2v) is 3.25. The molecule has 0 rings (SSSR count). The molecule has 0 aromatic heterocycles. The number of nitrogens with zero attached hydrogens (tertiary/aromatic N) is 1. The first-order chi connectivity index (χ1) is 6.61. The average Bonchev–Trinajstić information content (AvgIpc) is 2.15. The largest absolute Gasteiger partial charge is 0.387 e. The van der Waals surface area contributed by atoms with Crippen molar-refractivity contribution in [2.45, 2.75) is 33.2 Å². The summed E-state index contributed by atoms with van der Waals surface area (Å²) in [5, 5.41) is 14.2. The van der Waals surface area contributed by atoms with Crippen LogP contribution in [0.4, 0.5) is 0 Å². The van der Waals surface area contributed by atoms with Crippen molar-refractivity contribution in [1.82, 2.24) is 10.6 Å². The molecule has 0 aromatic rings. The molecule has 2 N–H and O–H groups in total. The summed E-state index contributed by atoms with van der Waals surface area (Å²) in [5.74, 6) is -0.317. The fourth-order valence-electron chi connectivity index (χ4n) is 0.732. The highest BCUT2D eigenvalue weighted by Crippen LogP contribution is 1.91. The van der Waals surface area contributed by atoms with Crippen LogP contribution in [0, 0.1) is 11.3 Å². The molecule has 0 bridgehead atoms. The van der Waals surface area contributed by atoms with E-state index in [-0.39, 0.29) is 17.5 Å². The monoisotopic (exact) mass is 195 g/mol. The van der Waals surface area contributed by atoms with E-state index >= 15 is 0 Å². The number of nitriles is 1. The first-order valence-corrected chi connectivity index (χ1v) is 4.76. The first-order valence-electron chi connectivity index (χ1n) is 4.76. The number of hydrogen-bond acceptors (Lipinski definition) is 3. The number of carbonyl (C=O) groups is 1. The zero-order chi connectivity index (χ0) is 11.0. The van der Waals surface area contributed by atoms with Crippen LogP contribution < -0.4 is 10.6 Å². The zero-order valence-electron chi connectivity index (χ0n) is 8.92. The Morgan fingerprint density at radius 1 is 1.57 bits per heavy atom. The van der Waals surface area contributed by atoms with Crippen LogP contribution in [0.2, 0.25) is 0 Å². The highest BCUT2D eigenvalue weighted by molar-refractivity contribution is 5.97.